The van der Waals surface area contributed by atoms with Crippen LogP contribution in [0.1, 0.15) is 31.4 Å². The van der Waals surface area contributed by atoms with Gasteiger partial charge in [0.2, 0.25) is 0 Å². The van der Waals surface area contributed by atoms with Crippen LogP contribution in [0.25, 0.3) is 0 Å². The Bertz CT molecular complexity index is 209. The van der Waals surface area contributed by atoms with E-state index >= 15 is 0 Å². The summed E-state index contributed by atoms with van der Waals surface area (Å²) >= 11 is 0. The number of hydrogen-bond donors (Lipinski definition) is 2. The Morgan fingerprint density at radius 3 is 3.00 bits per heavy atom. The van der Waals surface area contributed by atoms with E-state index in [0.29, 0.717) is 6.04 Å². The first kappa shape index (κ1) is 10.3. The van der Waals surface area contributed by atoms with Gasteiger partial charge in [0.05, 0.1) is 12.5 Å². The fourth-order valence-corrected chi connectivity index (χ4v) is 1.23. The molecule has 0 spiro atoms. The van der Waals surface area contributed by atoms with E-state index in [1.165, 1.54) is 5.56 Å². The minimum Gasteiger partial charge on any atom is -0.472 e. The topological polar surface area (TPSA) is 51.2 Å². The van der Waals surface area contributed by atoms with Crippen LogP contribution in [0.15, 0.2) is 23.0 Å². The number of hydrogen-bond acceptors (Lipinski definition) is 3. The summed E-state index contributed by atoms with van der Waals surface area (Å²) in [6.45, 7) is 3.93. The van der Waals surface area contributed by atoms with Gasteiger partial charge in [-0.1, -0.05) is 0 Å². The molecule has 0 aromatic carbocycles. The van der Waals surface area contributed by atoms with Gasteiger partial charge in [0.15, 0.2) is 0 Å². The first-order chi connectivity index (χ1) is 6.34. The van der Waals surface area contributed by atoms with E-state index in [0.717, 1.165) is 25.9 Å². The molecule has 1 heterocycles. The highest BCUT2D eigenvalue weighted by Crippen LogP contribution is 2.11. The predicted molar refractivity (Wildman–Crippen MR) is 53.4 cm³/mol. The summed E-state index contributed by atoms with van der Waals surface area (Å²) < 4.78 is 5.00. The van der Waals surface area contributed by atoms with E-state index in [1.54, 1.807) is 12.5 Å². The lowest BCUT2D eigenvalue weighted by atomic mass is 10.2. The second-order valence-corrected chi connectivity index (χ2v) is 3.23. The van der Waals surface area contributed by atoms with E-state index in [4.69, 9.17) is 10.2 Å². The van der Waals surface area contributed by atoms with Gasteiger partial charge < -0.3 is 15.5 Å². The first-order valence-corrected chi connectivity index (χ1v) is 4.80. The summed E-state index contributed by atoms with van der Waals surface area (Å²) in [7, 11) is 0. The zero-order valence-corrected chi connectivity index (χ0v) is 8.12. The summed E-state index contributed by atoms with van der Waals surface area (Å²) in [4.78, 5) is 0. The molecule has 0 saturated heterocycles. The molecule has 0 radical (unpaired) electrons. The zero-order chi connectivity index (χ0) is 9.52. The summed E-state index contributed by atoms with van der Waals surface area (Å²) in [5.41, 5.74) is 6.60. The molecule has 0 aliphatic rings. The molecule has 74 valence electrons. The molecule has 1 aromatic heterocycles. The molecule has 0 aliphatic carbocycles. The van der Waals surface area contributed by atoms with Crippen LogP contribution in [0.4, 0.5) is 0 Å². The maximum absolute atomic E-state index is 5.40. The van der Waals surface area contributed by atoms with Gasteiger partial charge in [-0.3, -0.25) is 0 Å². The predicted octanol–water partition coefficient (Wildman–Crippen LogP) is 1.67. The van der Waals surface area contributed by atoms with Crippen LogP contribution in [0.2, 0.25) is 0 Å². The van der Waals surface area contributed by atoms with Crippen molar-refractivity contribution in [2.75, 3.05) is 13.1 Å². The van der Waals surface area contributed by atoms with Gasteiger partial charge in [0, 0.05) is 11.6 Å². The normalized spacial score (nSPS) is 13.1. The van der Waals surface area contributed by atoms with Gasteiger partial charge >= 0.3 is 0 Å². The molecule has 0 amide bonds. The van der Waals surface area contributed by atoms with Gasteiger partial charge in [0.1, 0.15) is 0 Å². The Morgan fingerprint density at radius 2 is 2.38 bits per heavy atom. The molecule has 1 aromatic rings. The molecule has 3 N–H and O–H groups in total. The van der Waals surface area contributed by atoms with E-state index in [2.05, 4.69) is 12.2 Å². The van der Waals surface area contributed by atoms with Crippen molar-refractivity contribution in [3.63, 3.8) is 0 Å². The van der Waals surface area contributed by atoms with E-state index in [9.17, 15) is 0 Å². The molecule has 0 saturated carbocycles. The number of unbranched alkanes of at least 4 members (excludes halogenated alkanes) is 1. The lowest BCUT2D eigenvalue weighted by Gasteiger charge is -2.10. The van der Waals surface area contributed by atoms with Crippen molar-refractivity contribution in [2.24, 2.45) is 5.73 Å². The fourth-order valence-electron chi connectivity index (χ4n) is 1.23. The maximum atomic E-state index is 5.40. The molecule has 0 fully saturated rings. The van der Waals surface area contributed by atoms with E-state index in [-0.39, 0.29) is 0 Å². The van der Waals surface area contributed by atoms with Crippen molar-refractivity contribution in [3.05, 3.63) is 24.2 Å². The van der Waals surface area contributed by atoms with Gasteiger partial charge in [-0.15, -0.1) is 0 Å². The summed E-state index contributed by atoms with van der Waals surface area (Å²) in [5.74, 6) is 0. The van der Waals surface area contributed by atoms with Crippen LogP contribution in [0, 0.1) is 0 Å². The largest absolute Gasteiger partial charge is 0.472 e. The minimum absolute atomic E-state index is 0.372. The van der Waals surface area contributed by atoms with Crippen molar-refractivity contribution in [1.29, 1.82) is 0 Å². The van der Waals surface area contributed by atoms with E-state index < -0.39 is 0 Å². The molecule has 0 aliphatic heterocycles. The van der Waals surface area contributed by atoms with Crippen molar-refractivity contribution in [1.82, 2.24) is 5.32 Å². The summed E-state index contributed by atoms with van der Waals surface area (Å²) in [5, 5.41) is 3.40. The third-order valence-electron chi connectivity index (χ3n) is 2.12. The number of furan rings is 1. The van der Waals surface area contributed by atoms with Crippen LogP contribution in [-0.2, 0) is 0 Å². The van der Waals surface area contributed by atoms with Crippen molar-refractivity contribution in [3.8, 4) is 0 Å². The van der Waals surface area contributed by atoms with Gasteiger partial charge in [-0.05, 0) is 38.9 Å². The minimum atomic E-state index is 0.372. The van der Waals surface area contributed by atoms with Gasteiger partial charge in [-0.25, -0.2) is 0 Å². The number of nitrogens with two attached hydrogens (primary N) is 1. The smallest absolute Gasteiger partial charge is 0.0950 e. The summed E-state index contributed by atoms with van der Waals surface area (Å²) in [6, 6.07) is 2.36. The molecule has 13 heavy (non-hydrogen) atoms. The second kappa shape index (κ2) is 5.78. The molecule has 1 atom stereocenters. The monoisotopic (exact) mass is 182 g/mol. The van der Waals surface area contributed by atoms with Crippen molar-refractivity contribution in [2.45, 2.75) is 25.8 Å². The highest BCUT2D eigenvalue weighted by Gasteiger charge is 2.04. The molecular weight excluding hydrogens is 164 g/mol. The Labute approximate surface area is 79.3 Å². The summed E-state index contributed by atoms with van der Waals surface area (Å²) in [6.07, 6.45) is 5.71. The molecule has 1 unspecified atom stereocenters. The maximum Gasteiger partial charge on any atom is 0.0950 e. The molecule has 3 heteroatoms. The standard InChI is InChI=1S/C10H18N2O/c1-9(10-4-7-13-8-10)12-6-3-2-5-11/h4,7-9,12H,2-3,5-6,11H2,1H3. The first-order valence-electron chi connectivity index (χ1n) is 4.80. The second-order valence-electron chi connectivity index (χ2n) is 3.23. The Balaban J connectivity index is 2.15. The molecule has 1 rings (SSSR count). The Hall–Kier alpha value is -0.800. The van der Waals surface area contributed by atoms with E-state index in [1.807, 2.05) is 6.07 Å². The van der Waals surface area contributed by atoms with Crippen LogP contribution >= 0.6 is 0 Å². The highest BCUT2D eigenvalue weighted by molar-refractivity contribution is 5.09. The van der Waals surface area contributed by atoms with Crippen LogP contribution in [0.5, 0.6) is 0 Å². The number of rotatable bonds is 6. The average molecular weight is 182 g/mol. The molecule has 3 nitrogen and oxygen atoms in total. The third kappa shape index (κ3) is 3.61. The van der Waals surface area contributed by atoms with Gasteiger partial charge in [-0.2, -0.15) is 0 Å². The Kier molecular flexibility index (Phi) is 4.57. The van der Waals surface area contributed by atoms with Crippen molar-refractivity contribution >= 4 is 0 Å². The lowest BCUT2D eigenvalue weighted by Crippen LogP contribution is -2.20. The Morgan fingerprint density at radius 1 is 1.54 bits per heavy atom. The lowest BCUT2D eigenvalue weighted by molar-refractivity contribution is 0.528. The average Bonchev–Trinajstić information content (AvgIpc) is 2.65. The molecular formula is C10H18N2O. The highest BCUT2D eigenvalue weighted by atomic mass is 16.3. The molecule has 0 bridgehead atoms. The number of nitrogens with one attached hydrogen (secondary N) is 1. The van der Waals surface area contributed by atoms with Gasteiger partial charge in [0.25, 0.3) is 0 Å². The SMILES string of the molecule is CC(NCCCCN)c1ccoc1. The van der Waals surface area contributed by atoms with Crippen LogP contribution < -0.4 is 11.1 Å². The van der Waals surface area contributed by atoms with Crippen molar-refractivity contribution < 1.29 is 4.42 Å². The zero-order valence-electron chi connectivity index (χ0n) is 8.12. The fraction of sp³-hybridized carbons (Fsp3) is 0.600. The third-order valence-corrected chi connectivity index (χ3v) is 2.12. The van der Waals surface area contributed by atoms with Crippen LogP contribution in [0.3, 0.4) is 0 Å². The quantitative estimate of drug-likeness (QED) is 0.658. The van der Waals surface area contributed by atoms with Crippen LogP contribution in [-0.4, -0.2) is 13.1 Å².